The summed E-state index contributed by atoms with van der Waals surface area (Å²) in [7, 11) is 0. The number of hydrogen-bond donors (Lipinski definition) is 1. The summed E-state index contributed by atoms with van der Waals surface area (Å²) in [5.41, 5.74) is 1.17. The number of nitrogens with zero attached hydrogens (tertiary/aromatic N) is 1. The van der Waals surface area contributed by atoms with Crippen LogP contribution in [0.2, 0.25) is 0 Å². The predicted molar refractivity (Wildman–Crippen MR) is 67.1 cm³/mol. The molecule has 1 aliphatic rings. The number of aromatic hydroxyl groups is 1. The second-order valence-corrected chi connectivity index (χ2v) is 4.76. The molecule has 0 aliphatic heterocycles. The summed E-state index contributed by atoms with van der Waals surface area (Å²) in [6.45, 7) is 5.31. The minimum Gasteiger partial charge on any atom is -0.507 e. The summed E-state index contributed by atoms with van der Waals surface area (Å²) in [5.74, 6) is 0.734. The first kappa shape index (κ1) is 12.0. The average molecular weight is 233 g/mol. The van der Waals surface area contributed by atoms with Crippen molar-refractivity contribution in [1.82, 2.24) is 4.90 Å². The molecule has 2 rings (SSSR count). The number of rotatable bonds is 4. The van der Waals surface area contributed by atoms with E-state index in [4.69, 9.17) is 0 Å². The summed E-state index contributed by atoms with van der Waals surface area (Å²) >= 11 is 0. The average Bonchev–Trinajstić information content (AvgIpc) is 3.13. The van der Waals surface area contributed by atoms with E-state index in [9.17, 15) is 9.90 Å². The Hall–Kier alpha value is -1.51. The van der Waals surface area contributed by atoms with E-state index in [2.05, 4.69) is 0 Å². The summed E-state index contributed by atoms with van der Waals surface area (Å²) in [4.78, 5) is 14.1. The number of para-hydroxylation sites is 1. The van der Waals surface area contributed by atoms with Crippen molar-refractivity contribution in [2.24, 2.45) is 5.92 Å². The highest BCUT2D eigenvalue weighted by Crippen LogP contribution is 2.31. The molecule has 3 heteroatoms. The quantitative estimate of drug-likeness (QED) is 0.868. The second kappa shape index (κ2) is 4.78. The zero-order chi connectivity index (χ0) is 12.4. The Morgan fingerprint density at radius 3 is 2.76 bits per heavy atom. The third-order valence-electron chi connectivity index (χ3n) is 3.31. The molecule has 17 heavy (non-hydrogen) atoms. The molecule has 0 heterocycles. The maximum Gasteiger partial charge on any atom is 0.257 e. The first-order valence-electron chi connectivity index (χ1n) is 6.21. The summed E-state index contributed by atoms with van der Waals surface area (Å²) in [6.07, 6.45) is 2.45. The maximum absolute atomic E-state index is 12.3. The minimum atomic E-state index is -0.0550. The van der Waals surface area contributed by atoms with Gasteiger partial charge in [-0.15, -0.1) is 0 Å². The molecule has 1 amide bonds. The normalized spacial score (nSPS) is 14.7. The number of carbonyl (C=O) groups is 1. The van der Waals surface area contributed by atoms with Gasteiger partial charge in [0.05, 0.1) is 5.56 Å². The van der Waals surface area contributed by atoms with Crippen LogP contribution in [0.1, 0.15) is 35.7 Å². The van der Waals surface area contributed by atoms with Crippen molar-refractivity contribution in [2.45, 2.75) is 26.7 Å². The first-order chi connectivity index (χ1) is 8.13. The van der Waals surface area contributed by atoms with E-state index in [1.54, 1.807) is 6.07 Å². The number of amides is 1. The van der Waals surface area contributed by atoms with Crippen LogP contribution in [0.4, 0.5) is 0 Å². The van der Waals surface area contributed by atoms with Crippen LogP contribution in [-0.2, 0) is 0 Å². The number of aryl methyl sites for hydroxylation is 1. The Bertz CT molecular complexity index is 424. The third-order valence-corrected chi connectivity index (χ3v) is 3.31. The molecule has 1 N–H and O–H groups in total. The van der Waals surface area contributed by atoms with Crippen molar-refractivity contribution in [3.8, 4) is 5.75 Å². The van der Waals surface area contributed by atoms with E-state index >= 15 is 0 Å². The highest BCUT2D eigenvalue weighted by molar-refractivity contribution is 5.97. The molecule has 0 atom stereocenters. The van der Waals surface area contributed by atoms with Crippen molar-refractivity contribution in [2.75, 3.05) is 13.1 Å². The lowest BCUT2D eigenvalue weighted by Crippen LogP contribution is -2.32. The molecule has 0 unspecified atom stereocenters. The fraction of sp³-hybridized carbons (Fsp3) is 0.500. The Morgan fingerprint density at radius 2 is 2.18 bits per heavy atom. The molecular weight excluding hydrogens is 214 g/mol. The lowest BCUT2D eigenvalue weighted by Gasteiger charge is -2.21. The summed E-state index contributed by atoms with van der Waals surface area (Å²) in [6, 6.07) is 5.32. The van der Waals surface area contributed by atoms with E-state index in [0.717, 1.165) is 12.1 Å². The fourth-order valence-corrected chi connectivity index (χ4v) is 1.97. The lowest BCUT2D eigenvalue weighted by molar-refractivity contribution is 0.0753. The minimum absolute atomic E-state index is 0.0550. The second-order valence-electron chi connectivity index (χ2n) is 4.76. The Morgan fingerprint density at radius 1 is 1.47 bits per heavy atom. The number of hydrogen-bond acceptors (Lipinski definition) is 2. The SMILES string of the molecule is CCN(CC1CC1)C(=O)c1cccc(C)c1O. The van der Waals surface area contributed by atoms with Gasteiger partial charge < -0.3 is 10.0 Å². The molecule has 1 aromatic carbocycles. The summed E-state index contributed by atoms with van der Waals surface area (Å²) in [5, 5.41) is 9.91. The molecule has 0 bridgehead atoms. The van der Waals surface area contributed by atoms with E-state index in [1.807, 2.05) is 30.9 Å². The van der Waals surface area contributed by atoms with Gasteiger partial charge in [0.25, 0.3) is 5.91 Å². The molecule has 0 saturated heterocycles. The van der Waals surface area contributed by atoms with Crippen LogP contribution in [-0.4, -0.2) is 29.0 Å². The first-order valence-corrected chi connectivity index (χ1v) is 6.21. The van der Waals surface area contributed by atoms with E-state index in [1.165, 1.54) is 12.8 Å². The molecular formula is C14H19NO2. The number of phenols is 1. The van der Waals surface area contributed by atoms with Crippen LogP contribution in [0.3, 0.4) is 0 Å². The smallest absolute Gasteiger partial charge is 0.257 e. The largest absolute Gasteiger partial charge is 0.507 e. The van der Waals surface area contributed by atoms with Crippen LogP contribution in [0, 0.1) is 12.8 Å². The monoisotopic (exact) mass is 233 g/mol. The highest BCUT2D eigenvalue weighted by atomic mass is 16.3. The van der Waals surface area contributed by atoms with Gasteiger partial charge in [-0.3, -0.25) is 4.79 Å². The van der Waals surface area contributed by atoms with E-state index < -0.39 is 0 Å². The molecule has 1 aliphatic carbocycles. The molecule has 0 radical (unpaired) electrons. The predicted octanol–water partition coefficient (Wildman–Crippen LogP) is 2.57. The Balaban J connectivity index is 2.18. The van der Waals surface area contributed by atoms with Gasteiger partial charge in [0, 0.05) is 13.1 Å². The molecule has 3 nitrogen and oxygen atoms in total. The van der Waals surface area contributed by atoms with Gasteiger partial charge in [-0.25, -0.2) is 0 Å². The number of carbonyl (C=O) groups excluding carboxylic acids is 1. The third kappa shape index (κ3) is 2.60. The van der Waals surface area contributed by atoms with Gasteiger partial charge in [-0.1, -0.05) is 12.1 Å². The highest BCUT2D eigenvalue weighted by Gasteiger charge is 2.27. The Labute approximate surface area is 102 Å². The van der Waals surface area contributed by atoms with Gasteiger partial charge in [-0.2, -0.15) is 0 Å². The van der Waals surface area contributed by atoms with Crippen molar-refractivity contribution < 1.29 is 9.90 Å². The zero-order valence-corrected chi connectivity index (χ0v) is 10.4. The summed E-state index contributed by atoms with van der Waals surface area (Å²) < 4.78 is 0. The van der Waals surface area contributed by atoms with Crippen LogP contribution in [0.5, 0.6) is 5.75 Å². The van der Waals surface area contributed by atoms with E-state index in [-0.39, 0.29) is 11.7 Å². The van der Waals surface area contributed by atoms with Gasteiger partial charge in [0.1, 0.15) is 5.75 Å². The van der Waals surface area contributed by atoms with Crippen LogP contribution < -0.4 is 0 Å². The van der Waals surface area contributed by atoms with Crippen LogP contribution >= 0.6 is 0 Å². The van der Waals surface area contributed by atoms with Gasteiger partial charge in [0.15, 0.2) is 0 Å². The molecule has 1 saturated carbocycles. The molecule has 0 aromatic heterocycles. The van der Waals surface area contributed by atoms with Crippen LogP contribution in [0.25, 0.3) is 0 Å². The van der Waals surface area contributed by atoms with Crippen LogP contribution in [0.15, 0.2) is 18.2 Å². The maximum atomic E-state index is 12.3. The molecule has 1 aromatic rings. The Kier molecular flexibility index (Phi) is 3.36. The lowest BCUT2D eigenvalue weighted by atomic mass is 10.1. The number of benzene rings is 1. The zero-order valence-electron chi connectivity index (χ0n) is 10.4. The van der Waals surface area contributed by atoms with Gasteiger partial charge >= 0.3 is 0 Å². The van der Waals surface area contributed by atoms with Crippen molar-refractivity contribution in [1.29, 1.82) is 0 Å². The van der Waals surface area contributed by atoms with Crippen molar-refractivity contribution >= 4 is 5.91 Å². The number of phenolic OH excluding ortho intramolecular Hbond substituents is 1. The fourth-order valence-electron chi connectivity index (χ4n) is 1.97. The molecule has 1 fully saturated rings. The van der Waals surface area contributed by atoms with Gasteiger partial charge in [-0.05, 0) is 44.2 Å². The topological polar surface area (TPSA) is 40.5 Å². The van der Waals surface area contributed by atoms with Crippen molar-refractivity contribution in [3.63, 3.8) is 0 Å². The molecule has 92 valence electrons. The van der Waals surface area contributed by atoms with E-state index in [0.29, 0.717) is 18.0 Å². The standard InChI is InChI=1S/C14H19NO2/c1-3-15(9-11-7-8-11)14(17)12-6-4-5-10(2)13(12)16/h4-6,11,16H,3,7-9H2,1-2H3. The molecule has 0 spiro atoms. The van der Waals surface area contributed by atoms with Gasteiger partial charge in [0.2, 0.25) is 0 Å². The van der Waals surface area contributed by atoms with Crippen molar-refractivity contribution in [3.05, 3.63) is 29.3 Å².